The fourth-order valence-corrected chi connectivity index (χ4v) is 5.96. The minimum Gasteiger partial charge on any atom is -0.468 e. The van der Waals surface area contributed by atoms with E-state index in [4.69, 9.17) is 16.3 Å². The van der Waals surface area contributed by atoms with Crippen molar-refractivity contribution in [2.24, 2.45) is 5.92 Å². The largest absolute Gasteiger partial charge is 0.468 e. The molecule has 1 heterocycles. The van der Waals surface area contributed by atoms with Gasteiger partial charge in [0.15, 0.2) is 9.84 Å². The van der Waals surface area contributed by atoms with Gasteiger partial charge in [0, 0.05) is 11.1 Å². The minimum atomic E-state index is -4.00. The summed E-state index contributed by atoms with van der Waals surface area (Å²) in [4.78, 5) is 25.0. The van der Waals surface area contributed by atoms with Crippen LogP contribution in [0, 0.1) is 5.92 Å². The van der Waals surface area contributed by atoms with Crippen molar-refractivity contribution in [1.82, 2.24) is 5.32 Å². The molecule has 28 heavy (non-hydrogen) atoms. The van der Waals surface area contributed by atoms with Gasteiger partial charge in [0.2, 0.25) is 0 Å². The second kappa shape index (κ2) is 8.03. The third-order valence-electron chi connectivity index (χ3n) is 4.98. The average molecular weight is 422 g/mol. The van der Waals surface area contributed by atoms with Gasteiger partial charge in [-0.3, -0.25) is 14.9 Å². The average Bonchev–Trinajstić information content (AvgIpc) is 3.10. The van der Waals surface area contributed by atoms with E-state index in [1.54, 1.807) is 42.5 Å². The number of halogens is 1. The number of hydrogen-bond acceptors (Lipinski definition) is 6. The van der Waals surface area contributed by atoms with E-state index in [-0.39, 0.29) is 10.7 Å². The number of hydrogen-bond donors (Lipinski definition) is 1. The van der Waals surface area contributed by atoms with Gasteiger partial charge in [-0.15, -0.1) is 0 Å². The van der Waals surface area contributed by atoms with E-state index in [0.717, 1.165) is 0 Å². The number of methoxy groups -OCH3 is 1. The van der Waals surface area contributed by atoms with Crippen LogP contribution in [0.25, 0.3) is 0 Å². The van der Waals surface area contributed by atoms with Gasteiger partial charge in [0.25, 0.3) is 0 Å². The molecule has 1 saturated heterocycles. The van der Waals surface area contributed by atoms with Crippen molar-refractivity contribution in [2.75, 3.05) is 7.11 Å². The molecule has 0 amide bonds. The van der Waals surface area contributed by atoms with Crippen LogP contribution >= 0.6 is 11.6 Å². The van der Waals surface area contributed by atoms with Crippen LogP contribution in [0.5, 0.6) is 0 Å². The summed E-state index contributed by atoms with van der Waals surface area (Å²) in [6.07, 6.45) is 0. The molecule has 0 spiro atoms. The molecule has 6 nitrogen and oxygen atoms in total. The quantitative estimate of drug-likeness (QED) is 0.746. The third-order valence-corrected chi connectivity index (χ3v) is 7.45. The molecular weight excluding hydrogens is 402 g/mol. The first kappa shape index (κ1) is 20.5. The van der Waals surface area contributed by atoms with Gasteiger partial charge in [-0.1, -0.05) is 41.9 Å². The highest BCUT2D eigenvalue weighted by Gasteiger charge is 2.55. The van der Waals surface area contributed by atoms with Gasteiger partial charge in [0.1, 0.15) is 17.1 Å². The molecule has 148 valence electrons. The Morgan fingerprint density at radius 2 is 1.64 bits per heavy atom. The van der Waals surface area contributed by atoms with Crippen LogP contribution in [0.3, 0.4) is 0 Å². The number of benzene rings is 2. The molecule has 2 aromatic rings. The van der Waals surface area contributed by atoms with Crippen LogP contribution in [0.1, 0.15) is 18.5 Å². The van der Waals surface area contributed by atoms with Gasteiger partial charge in [-0.2, -0.15) is 0 Å². The lowest BCUT2D eigenvalue weighted by molar-refractivity contribution is -0.142. The Balaban J connectivity index is 2.14. The third kappa shape index (κ3) is 3.70. The highest BCUT2D eigenvalue weighted by molar-refractivity contribution is 7.92. The molecule has 0 bridgehead atoms. The molecule has 0 saturated carbocycles. The smallest absolute Gasteiger partial charge is 0.324 e. The summed E-state index contributed by atoms with van der Waals surface area (Å²) < 4.78 is 31.6. The molecule has 0 aliphatic carbocycles. The number of sulfone groups is 1. The normalized spacial score (nSPS) is 24.7. The summed E-state index contributed by atoms with van der Waals surface area (Å²) >= 11 is 5.94. The van der Waals surface area contributed by atoms with E-state index in [2.05, 4.69) is 5.32 Å². The lowest BCUT2D eigenvalue weighted by Crippen LogP contribution is -2.45. The van der Waals surface area contributed by atoms with E-state index < -0.39 is 39.1 Å². The number of nitrogens with one attached hydrogen (secondary N) is 1. The Bertz CT molecular complexity index is 975. The zero-order valence-electron chi connectivity index (χ0n) is 15.3. The van der Waals surface area contributed by atoms with Crippen molar-refractivity contribution >= 4 is 33.2 Å². The van der Waals surface area contributed by atoms with Crippen molar-refractivity contribution in [3.05, 3.63) is 65.2 Å². The molecule has 0 unspecified atom stereocenters. The van der Waals surface area contributed by atoms with Crippen LogP contribution in [0.4, 0.5) is 0 Å². The summed E-state index contributed by atoms with van der Waals surface area (Å²) in [5, 5.41) is 2.24. The Morgan fingerprint density at radius 1 is 1.04 bits per heavy atom. The van der Waals surface area contributed by atoms with E-state index >= 15 is 0 Å². The Labute approximate surface area is 168 Å². The topological polar surface area (TPSA) is 89.5 Å². The monoisotopic (exact) mass is 421 g/mol. The zero-order valence-corrected chi connectivity index (χ0v) is 16.9. The standard InChI is InChI=1S/C20H20ClNO5S/c1-12(23)16-17(13-8-10-14(21)11-9-13)22-18(20(24)27-2)19(16)28(25,26)15-6-4-3-5-7-15/h3-11,16-19,22H,1-2H3/t16-,17-,18-,19+/m1/s1. The molecule has 3 rings (SSSR count). The molecule has 1 N–H and O–H groups in total. The summed E-state index contributed by atoms with van der Waals surface area (Å²) in [6, 6.07) is 12.7. The van der Waals surface area contributed by atoms with Crippen LogP contribution in [0.15, 0.2) is 59.5 Å². The minimum absolute atomic E-state index is 0.0544. The van der Waals surface area contributed by atoms with Crippen LogP contribution in [0.2, 0.25) is 5.02 Å². The highest BCUT2D eigenvalue weighted by Crippen LogP contribution is 2.40. The van der Waals surface area contributed by atoms with Crippen LogP contribution < -0.4 is 5.32 Å². The number of ether oxygens (including phenoxy) is 1. The number of carbonyl (C=O) groups excluding carboxylic acids is 2. The first-order chi connectivity index (χ1) is 13.3. The molecule has 0 aromatic heterocycles. The second-order valence-corrected chi connectivity index (χ2v) is 9.20. The van der Waals surface area contributed by atoms with Gasteiger partial charge in [-0.25, -0.2) is 8.42 Å². The fourth-order valence-electron chi connectivity index (χ4n) is 3.70. The Hall–Kier alpha value is -2.22. The van der Waals surface area contributed by atoms with Crippen molar-refractivity contribution in [3.63, 3.8) is 0 Å². The maximum atomic E-state index is 13.4. The highest BCUT2D eigenvalue weighted by atomic mass is 35.5. The maximum Gasteiger partial charge on any atom is 0.324 e. The van der Waals surface area contributed by atoms with E-state index in [9.17, 15) is 18.0 Å². The molecule has 1 aliphatic heterocycles. The lowest BCUT2D eigenvalue weighted by atomic mass is 9.90. The number of esters is 1. The molecular formula is C20H20ClNO5S. The van der Waals surface area contributed by atoms with Gasteiger partial charge >= 0.3 is 5.97 Å². The number of carbonyl (C=O) groups is 2. The van der Waals surface area contributed by atoms with E-state index in [1.807, 2.05) is 0 Å². The zero-order chi connectivity index (χ0) is 20.5. The van der Waals surface area contributed by atoms with Crippen molar-refractivity contribution < 1.29 is 22.7 Å². The summed E-state index contributed by atoms with van der Waals surface area (Å²) in [5.41, 5.74) is 0.671. The number of rotatable bonds is 5. The SMILES string of the molecule is COC(=O)[C@@H]1N[C@H](c2ccc(Cl)cc2)[C@@H](C(C)=O)[C@@H]1S(=O)(=O)c1ccccc1. The predicted molar refractivity (Wildman–Crippen MR) is 105 cm³/mol. The predicted octanol–water partition coefficient (Wildman–Crippen LogP) is 2.57. The molecule has 8 heteroatoms. The maximum absolute atomic E-state index is 13.4. The van der Waals surface area contributed by atoms with E-state index in [0.29, 0.717) is 10.6 Å². The molecule has 4 atom stereocenters. The van der Waals surface area contributed by atoms with Crippen LogP contribution in [-0.4, -0.2) is 38.6 Å². The number of ketones is 1. The van der Waals surface area contributed by atoms with Gasteiger partial charge in [-0.05, 0) is 36.8 Å². The fraction of sp³-hybridized carbons (Fsp3) is 0.300. The molecule has 0 radical (unpaired) electrons. The number of Topliss-reactive ketones (excluding diaryl/α,β-unsaturated/α-hetero) is 1. The van der Waals surface area contributed by atoms with Crippen molar-refractivity contribution in [3.8, 4) is 0 Å². The lowest BCUT2D eigenvalue weighted by Gasteiger charge is -2.23. The van der Waals surface area contributed by atoms with Crippen molar-refractivity contribution in [1.29, 1.82) is 0 Å². The first-order valence-corrected chi connectivity index (χ1v) is 10.6. The first-order valence-electron chi connectivity index (χ1n) is 8.66. The van der Waals surface area contributed by atoms with Gasteiger partial charge in [0.05, 0.1) is 17.9 Å². The molecule has 1 fully saturated rings. The molecule has 1 aliphatic rings. The summed E-state index contributed by atoms with van der Waals surface area (Å²) in [6.45, 7) is 1.34. The van der Waals surface area contributed by atoms with Crippen LogP contribution in [-0.2, 0) is 24.2 Å². The second-order valence-electron chi connectivity index (χ2n) is 6.66. The summed E-state index contributed by atoms with van der Waals surface area (Å²) in [7, 11) is -2.81. The Kier molecular flexibility index (Phi) is 5.88. The van der Waals surface area contributed by atoms with E-state index in [1.165, 1.54) is 26.2 Å². The summed E-state index contributed by atoms with van der Waals surface area (Å²) in [5.74, 6) is -2.02. The molecule has 2 aromatic carbocycles. The Morgan fingerprint density at radius 3 is 2.18 bits per heavy atom. The van der Waals surface area contributed by atoms with Crippen molar-refractivity contribution in [2.45, 2.75) is 29.2 Å². The van der Waals surface area contributed by atoms with Gasteiger partial charge < -0.3 is 4.74 Å².